The van der Waals surface area contributed by atoms with Crippen LogP contribution in [0.2, 0.25) is 0 Å². The average molecular weight is 308 g/mol. The van der Waals surface area contributed by atoms with Crippen LogP contribution in [0.4, 0.5) is 0 Å². The Labute approximate surface area is 125 Å². The topological polar surface area (TPSA) is 104 Å². The molecule has 1 amide bonds. The lowest BCUT2D eigenvalue weighted by Gasteiger charge is -2.44. The van der Waals surface area contributed by atoms with Gasteiger partial charge in [-0.2, -0.15) is 0 Å². The monoisotopic (exact) mass is 308 g/mol. The predicted octanol–water partition coefficient (Wildman–Crippen LogP) is 0.614. The molecule has 6 nitrogen and oxygen atoms in total. The lowest BCUT2D eigenvalue weighted by molar-refractivity contribution is -0.161. The van der Waals surface area contributed by atoms with Crippen molar-refractivity contribution in [2.75, 3.05) is 0 Å². The summed E-state index contributed by atoms with van der Waals surface area (Å²) in [7, 11) is 0. The quantitative estimate of drug-likeness (QED) is 0.707. The molecule has 3 heterocycles. The Morgan fingerprint density at radius 3 is 2.86 bits per heavy atom. The van der Waals surface area contributed by atoms with Crippen molar-refractivity contribution in [3.8, 4) is 0 Å². The number of aliphatic hydroxyl groups is 1. The predicted molar refractivity (Wildman–Crippen MR) is 77.2 cm³/mol. The summed E-state index contributed by atoms with van der Waals surface area (Å²) in [5.74, 6) is -1.92. The molecule has 7 heteroatoms. The zero-order chi connectivity index (χ0) is 15.3. The number of hydrogen-bond donors (Lipinski definition) is 3. The molecule has 112 valence electrons. The zero-order valence-corrected chi connectivity index (χ0v) is 12.3. The zero-order valence-electron chi connectivity index (χ0n) is 11.4. The van der Waals surface area contributed by atoms with Crippen molar-refractivity contribution in [3.63, 3.8) is 0 Å². The van der Waals surface area contributed by atoms with E-state index in [4.69, 9.17) is 5.73 Å². The number of carbonyl (C=O) groups is 2. The van der Waals surface area contributed by atoms with E-state index in [1.807, 2.05) is 11.4 Å². The number of nitrogens with zero attached hydrogens (tertiary/aromatic N) is 1. The van der Waals surface area contributed by atoms with Crippen molar-refractivity contribution in [3.05, 3.63) is 27.6 Å². The van der Waals surface area contributed by atoms with Crippen molar-refractivity contribution < 1.29 is 19.8 Å². The highest BCUT2D eigenvalue weighted by Gasteiger charge is 2.56. The Kier molecular flexibility index (Phi) is 3.35. The van der Waals surface area contributed by atoms with Gasteiger partial charge in [0.2, 0.25) is 5.91 Å². The van der Waals surface area contributed by atoms with Crippen LogP contribution in [-0.4, -0.2) is 39.1 Å². The highest BCUT2D eigenvalue weighted by atomic mass is 32.1. The van der Waals surface area contributed by atoms with Crippen LogP contribution in [0.15, 0.2) is 17.1 Å². The van der Waals surface area contributed by atoms with Gasteiger partial charge >= 0.3 is 5.97 Å². The van der Waals surface area contributed by atoms with E-state index in [2.05, 4.69) is 0 Å². The van der Waals surface area contributed by atoms with Crippen molar-refractivity contribution in [2.24, 2.45) is 11.7 Å². The van der Waals surface area contributed by atoms with Gasteiger partial charge in [0.1, 0.15) is 5.70 Å². The van der Waals surface area contributed by atoms with E-state index in [9.17, 15) is 19.8 Å². The van der Waals surface area contributed by atoms with Crippen LogP contribution in [0.5, 0.6) is 0 Å². The molecule has 0 radical (unpaired) electrons. The average Bonchev–Trinajstić information content (AvgIpc) is 2.99. The maximum absolute atomic E-state index is 12.1. The summed E-state index contributed by atoms with van der Waals surface area (Å²) < 4.78 is 0. The molecule has 1 fully saturated rings. The Morgan fingerprint density at radius 1 is 1.62 bits per heavy atom. The van der Waals surface area contributed by atoms with Crippen LogP contribution in [0.1, 0.15) is 23.8 Å². The second kappa shape index (κ2) is 4.94. The number of rotatable bonds is 4. The molecule has 0 aliphatic carbocycles. The van der Waals surface area contributed by atoms with E-state index in [-0.39, 0.29) is 17.6 Å². The highest BCUT2D eigenvalue weighted by Crippen LogP contribution is 2.47. The molecular weight excluding hydrogens is 292 g/mol. The van der Waals surface area contributed by atoms with Gasteiger partial charge in [-0.1, -0.05) is 0 Å². The Hall–Kier alpha value is -1.70. The lowest BCUT2D eigenvalue weighted by atomic mass is 9.82. The number of carboxylic acids is 1. The fourth-order valence-electron chi connectivity index (χ4n) is 3.17. The van der Waals surface area contributed by atoms with Crippen LogP contribution in [0, 0.1) is 5.92 Å². The van der Waals surface area contributed by atoms with Gasteiger partial charge in [0, 0.05) is 11.4 Å². The van der Waals surface area contributed by atoms with Crippen LogP contribution < -0.4 is 5.73 Å². The molecule has 0 saturated carbocycles. The van der Waals surface area contributed by atoms with Gasteiger partial charge < -0.3 is 20.8 Å². The fourth-order valence-corrected chi connectivity index (χ4v) is 3.95. The molecule has 0 bridgehead atoms. The van der Waals surface area contributed by atoms with Gasteiger partial charge in [-0.15, -0.1) is 11.3 Å². The van der Waals surface area contributed by atoms with Crippen LogP contribution in [-0.2, 0) is 16.1 Å². The Morgan fingerprint density at radius 2 is 2.33 bits per heavy atom. The van der Waals surface area contributed by atoms with Crippen molar-refractivity contribution in [1.29, 1.82) is 0 Å². The van der Waals surface area contributed by atoms with Crippen LogP contribution >= 0.6 is 11.3 Å². The van der Waals surface area contributed by atoms with E-state index in [1.54, 1.807) is 6.92 Å². The van der Waals surface area contributed by atoms with Crippen molar-refractivity contribution >= 4 is 28.8 Å². The SMILES string of the molecule is C[C@@H](O)[C@H]1C(=O)N2C(C(=O)O)=C(c3csc(CN)c3)C[C@H]12. The minimum Gasteiger partial charge on any atom is -0.477 e. The summed E-state index contributed by atoms with van der Waals surface area (Å²) >= 11 is 1.48. The molecule has 21 heavy (non-hydrogen) atoms. The molecule has 1 aromatic rings. The second-order valence-corrected chi connectivity index (χ2v) is 6.38. The molecule has 0 aromatic carbocycles. The highest BCUT2D eigenvalue weighted by molar-refractivity contribution is 7.10. The third kappa shape index (κ3) is 2.00. The summed E-state index contributed by atoms with van der Waals surface area (Å²) in [4.78, 5) is 25.9. The molecule has 0 spiro atoms. The molecule has 3 rings (SSSR count). The van der Waals surface area contributed by atoms with Gasteiger partial charge in [-0.05, 0) is 35.9 Å². The fraction of sp³-hybridized carbons (Fsp3) is 0.429. The summed E-state index contributed by atoms with van der Waals surface area (Å²) in [6, 6.07) is 1.62. The smallest absolute Gasteiger partial charge is 0.352 e. The normalized spacial score (nSPS) is 25.9. The number of aliphatic hydroxyl groups excluding tert-OH is 1. The minimum absolute atomic E-state index is 0.0447. The summed E-state index contributed by atoms with van der Waals surface area (Å²) in [6.07, 6.45) is -0.306. The van der Waals surface area contributed by atoms with Gasteiger partial charge in [-0.3, -0.25) is 4.79 Å². The van der Waals surface area contributed by atoms with Crippen molar-refractivity contribution in [2.45, 2.75) is 32.0 Å². The summed E-state index contributed by atoms with van der Waals surface area (Å²) in [5.41, 5.74) is 7.09. The van der Waals surface area contributed by atoms with Gasteiger partial charge in [0.05, 0.1) is 18.1 Å². The third-order valence-corrected chi connectivity index (χ3v) is 5.09. The molecule has 1 saturated heterocycles. The number of thiophene rings is 1. The molecule has 0 unspecified atom stereocenters. The molecule has 1 aromatic heterocycles. The Bertz CT molecular complexity index is 649. The first-order valence-electron chi connectivity index (χ1n) is 6.71. The number of carboxylic acid groups (broad SMARTS) is 1. The van der Waals surface area contributed by atoms with E-state index >= 15 is 0 Å². The number of amides is 1. The van der Waals surface area contributed by atoms with E-state index in [0.29, 0.717) is 18.5 Å². The molecule has 3 atom stereocenters. The van der Waals surface area contributed by atoms with E-state index in [1.165, 1.54) is 16.2 Å². The van der Waals surface area contributed by atoms with Gasteiger partial charge in [0.15, 0.2) is 0 Å². The summed E-state index contributed by atoms with van der Waals surface area (Å²) in [5, 5.41) is 21.0. The maximum Gasteiger partial charge on any atom is 0.352 e. The van der Waals surface area contributed by atoms with Crippen LogP contribution in [0.25, 0.3) is 5.57 Å². The molecule has 2 aliphatic rings. The number of nitrogens with two attached hydrogens (primary N) is 1. The number of β-lactam (4-membered cyclic amide) rings is 1. The third-order valence-electron chi connectivity index (χ3n) is 4.13. The number of hydrogen-bond acceptors (Lipinski definition) is 5. The number of aliphatic carboxylic acids is 1. The standard InChI is InChI=1S/C14H16N2O4S/c1-6(17)11-10-3-9(7-2-8(4-15)21-5-7)12(14(19)20)16(10)13(11)18/h2,5-6,10-11,17H,3-4,15H2,1H3,(H,19,20)/t6-,10-,11-/m1/s1. The minimum atomic E-state index is -1.11. The number of carbonyl (C=O) groups excluding carboxylic acids is 1. The molecule has 2 aliphatic heterocycles. The van der Waals surface area contributed by atoms with E-state index < -0.39 is 18.0 Å². The van der Waals surface area contributed by atoms with Crippen LogP contribution in [0.3, 0.4) is 0 Å². The summed E-state index contributed by atoms with van der Waals surface area (Å²) in [6.45, 7) is 1.97. The number of fused-ring (bicyclic) bond motifs is 1. The Balaban J connectivity index is 2.00. The first kappa shape index (κ1) is 14.2. The van der Waals surface area contributed by atoms with Gasteiger partial charge in [-0.25, -0.2) is 4.79 Å². The molecular formula is C14H16N2O4S. The second-order valence-electron chi connectivity index (χ2n) is 5.38. The first-order chi connectivity index (χ1) is 9.95. The first-order valence-corrected chi connectivity index (χ1v) is 7.59. The largest absolute Gasteiger partial charge is 0.477 e. The molecule has 4 N–H and O–H groups in total. The van der Waals surface area contributed by atoms with Crippen molar-refractivity contribution in [1.82, 2.24) is 4.90 Å². The lowest BCUT2D eigenvalue weighted by Crippen LogP contribution is -2.61. The van der Waals surface area contributed by atoms with Gasteiger partial charge in [0.25, 0.3) is 0 Å². The maximum atomic E-state index is 12.1. The van der Waals surface area contributed by atoms with E-state index in [0.717, 1.165) is 10.4 Å².